The summed E-state index contributed by atoms with van der Waals surface area (Å²) in [6.45, 7) is 12.4. The average molecular weight is 212 g/mol. The lowest BCUT2D eigenvalue weighted by atomic mass is 9.94. The van der Waals surface area contributed by atoms with Gasteiger partial charge in [-0.2, -0.15) is 0 Å². The van der Waals surface area contributed by atoms with Gasteiger partial charge >= 0.3 is 0 Å². The lowest BCUT2D eigenvalue weighted by Crippen LogP contribution is -2.17. The first kappa shape index (κ1) is 14.0. The lowest BCUT2D eigenvalue weighted by molar-refractivity contribution is 0.159. The molecule has 0 fully saturated rings. The van der Waals surface area contributed by atoms with Crippen molar-refractivity contribution < 1.29 is 4.84 Å². The van der Waals surface area contributed by atoms with E-state index in [1.165, 1.54) is 0 Å². The first-order valence-corrected chi connectivity index (χ1v) is 5.43. The normalized spacial score (nSPS) is 14.6. The number of hydrogen-bond acceptors (Lipinski definition) is 2. The van der Waals surface area contributed by atoms with Crippen molar-refractivity contribution in [2.45, 2.75) is 48.0 Å². The Balaban J connectivity index is 4.36. The van der Waals surface area contributed by atoms with Crippen LogP contribution >= 0.6 is 0 Å². The Kier molecular flexibility index (Phi) is 5.40. The monoisotopic (exact) mass is 212 g/mol. The third-order valence-electron chi connectivity index (χ3n) is 1.88. The highest BCUT2D eigenvalue weighted by Crippen LogP contribution is 2.26. The molecule has 0 aliphatic rings. The predicted molar refractivity (Wildman–Crippen MR) is 65.4 cm³/mol. The van der Waals surface area contributed by atoms with Gasteiger partial charge in [-0.3, -0.25) is 0 Å². The molecule has 0 atom stereocenters. The molecule has 0 heterocycles. The fraction of sp³-hybridized carbons (Fsp3) is 0.750. The van der Waals surface area contributed by atoms with Crippen molar-refractivity contribution in [1.29, 1.82) is 0 Å². The second kappa shape index (κ2) is 5.79. The van der Waals surface area contributed by atoms with E-state index in [4.69, 9.17) is 10.6 Å². The molecule has 0 spiro atoms. The molecular weight excluding hydrogens is 188 g/mol. The van der Waals surface area contributed by atoms with Gasteiger partial charge in [0.25, 0.3) is 0 Å². The number of nitrogens with zero attached hydrogens (tertiary/aromatic N) is 1. The zero-order valence-electron chi connectivity index (χ0n) is 10.8. The number of rotatable bonds is 4. The molecule has 0 aromatic heterocycles. The summed E-state index contributed by atoms with van der Waals surface area (Å²) in [6.07, 6.45) is 2.69. The molecule has 0 rings (SSSR count). The topological polar surface area (TPSA) is 47.6 Å². The molecule has 0 aromatic carbocycles. The van der Waals surface area contributed by atoms with Crippen molar-refractivity contribution in [2.75, 3.05) is 0 Å². The highest BCUT2D eigenvalue weighted by Gasteiger charge is 2.18. The van der Waals surface area contributed by atoms with Crippen LogP contribution in [-0.2, 0) is 4.84 Å². The van der Waals surface area contributed by atoms with Gasteiger partial charge in [0.2, 0.25) is 0 Å². The molecule has 0 saturated heterocycles. The van der Waals surface area contributed by atoms with Crippen LogP contribution in [0.1, 0.15) is 48.0 Å². The van der Waals surface area contributed by atoms with Crippen LogP contribution in [0, 0.1) is 11.3 Å². The van der Waals surface area contributed by atoms with E-state index >= 15 is 0 Å². The highest BCUT2D eigenvalue weighted by atomic mass is 16.6. The number of allylic oxidation sites excluding steroid dienone is 2. The summed E-state index contributed by atoms with van der Waals surface area (Å²) in [5, 5.41) is 3.93. The molecule has 15 heavy (non-hydrogen) atoms. The van der Waals surface area contributed by atoms with Crippen LogP contribution in [0.4, 0.5) is 0 Å². The molecule has 0 radical (unpaired) electrons. The van der Waals surface area contributed by atoms with Crippen molar-refractivity contribution in [3.05, 3.63) is 11.8 Å². The van der Waals surface area contributed by atoms with E-state index in [1.807, 2.05) is 13.0 Å². The van der Waals surface area contributed by atoms with Crippen LogP contribution in [-0.4, -0.2) is 5.84 Å². The van der Waals surface area contributed by atoms with Gasteiger partial charge in [-0.15, -0.1) is 0 Å². The van der Waals surface area contributed by atoms with Crippen molar-refractivity contribution in [3.63, 3.8) is 0 Å². The van der Waals surface area contributed by atoms with E-state index in [1.54, 1.807) is 0 Å². The van der Waals surface area contributed by atoms with Crippen LogP contribution in [0.3, 0.4) is 0 Å². The maximum Gasteiger partial charge on any atom is 0.140 e. The highest BCUT2D eigenvalue weighted by molar-refractivity contribution is 5.79. The van der Waals surface area contributed by atoms with Crippen LogP contribution in [0.5, 0.6) is 0 Å². The molecule has 0 amide bonds. The third kappa shape index (κ3) is 6.15. The van der Waals surface area contributed by atoms with Crippen molar-refractivity contribution in [1.82, 2.24) is 0 Å². The van der Waals surface area contributed by atoms with Crippen LogP contribution in [0.2, 0.25) is 0 Å². The summed E-state index contributed by atoms with van der Waals surface area (Å²) in [5.74, 6) is 1.89. The van der Waals surface area contributed by atoms with E-state index in [9.17, 15) is 0 Å². The fourth-order valence-electron chi connectivity index (χ4n) is 1.19. The molecule has 0 saturated carbocycles. The second-order valence-corrected chi connectivity index (χ2v) is 5.17. The van der Waals surface area contributed by atoms with Crippen LogP contribution < -0.4 is 5.73 Å². The van der Waals surface area contributed by atoms with Gasteiger partial charge < -0.3 is 10.6 Å². The quantitative estimate of drug-likeness (QED) is 0.336. The molecule has 3 heteroatoms. The molecular formula is C12H24N2O. The van der Waals surface area contributed by atoms with E-state index in [2.05, 4.69) is 39.8 Å². The van der Waals surface area contributed by atoms with E-state index in [0.717, 1.165) is 12.2 Å². The molecule has 0 bridgehead atoms. The minimum Gasteiger partial charge on any atom is -0.384 e. The Labute approximate surface area is 93.4 Å². The van der Waals surface area contributed by atoms with Crippen molar-refractivity contribution in [2.24, 2.45) is 22.2 Å². The fourth-order valence-corrected chi connectivity index (χ4v) is 1.19. The predicted octanol–water partition coefficient (Wildman–Crippen LogP) is 3.27. The van der Waals surface area contributed by atoms with Crippen LogP contribution in [0.25, 0.3) is 0 Å². The first-order chi connectivity index (χ1) is 6.77. The van der Waals surface area contributed by atoms with Gasteiger partial charge in [0.05, 0.1) is 0 Å². The van der Waals surface area contributed by atoms with Gasteiger partial charge in [-0.25, -0.2) is 0 Å². The Bertz CT molecular complexity index is 247. The van der Waals surface area contributed by atoms with Crippen molar-refractivity contribution in [3.8, 4) is 0 Å². The van der Waals surface area contributed by atoms with Crippen molar-refractivity contribution >= 4 is 5.84 Å². The van der Waals surface area contributed by atoms with Gasteiger partial charge in [-0.05, 0) is 18.9 Å². The molecule has 2 N–H and O–H groups in total. The lowest BCUT2D eigenvalue weighted by Gasteiger charge is -2.19. The Morgan fingerprint density at radius 1 is 1.40 bits per heavy atom. The zero-order valence-corrected chi connectivity index (χ0v) is 10.8. The Morgan fingerprint density at radius 3 is 2.27 bits per heavy atom. The summed E-state index contributed by atoms with van der Waals surface area (Å²) >= 11 is 0. The molecule has 0 aliphatic heterocycles. The second-order valence-electron chi connectivity index (χ2n) is 5.17. The maximum absolute atomic E-state index is 5.72. The molecule has 0 unspecified atom stereocenters. The summed E-state index contributed by atoms with van der Waals surface area (Å²) < 4.78 is 0. The molecule has 0 aromatic rings. The minimum atomic E-state index is -0.0314. The van der Waals surface area contributed by atoms with Crippen LogP contribution in [0.15, 0.2) is 17.0 Å². The maximum atomic E-state index is 5.72. The van der Waals surface area contributed by atoms with Gasteiger partial charge in [0.1, 0.15) is 11.6 Å². The Hall–Kier alpha value is -0.990. The summed E-state index contributed by atoms with van der Waals surface area (Å²) in [6, 6.07) is 0. The molecule has 3 nitrogen and oxygen atoms in total. The average Bonchev–Trinajstić information content (AvgIpc) is 2.01. The van der Waals surface area contributed by atoms with Gasteiger partial charge in [-0.1, -0.05) is 39.8 Å². The first-order valence-electron chi connectivity index (χ1n) is 5.43. The van der Waals surface area contributed by atoms with E-state index in [0.29, 0.717) is 11.8 Å². The van der Waals surface area contributed by atoms with E-state index in [-0.39, 0.29) is 5.41 Å². The number of nitrogens with two attached hydrogens (primary N) is 1. The SMILES string of the molecule is C/C=C(\O/N=C(\N)CC(C)C)C(C)(C)C. The van der Waals surface area contributed by atoms with Gasteiger partial charge in [0.15, 0.2) is 0 Å². The minimum absolute atomic E-state index is 0.0314. The Morgan fingerprint density at radius 2 is 1.93 bits per heavy atom. The summed E-state index contributed by atoms with van der Waals surface area (Å²) in [4.78, 5) is 5.34. The van der Waals surface area contributed by atoms with Gasteiger partial charge in [0, 0.05) is 11.8 Å². The number of hydrogen-bond donors (Lipinski definition) is 1. The summed E-state index contributed by atoms with van der Waals surface area (Å²) in [7, 11) is 0. The number of amidine groups is 1. The summed E-state index contributed by atoms with van der Waals surface area (Å²) in [5.41, 5.74) is 5.69. The zero-order chi connectivity index (χ0) is 12.1. The largest absolute Gasteiger partial charge is 0.384 e. The molecule has 0 aliphatic carbocycles. The third-order valence-corrected chi connectivity index (χ3v) is 1.88. The molecule has 88 valence electrons. The van der Waals surface area contributed by atoms with E-state index < -0.39 is 0 Å². The standard InChI is InChI=1S/C12H24N2O/c1-7-10(12(4,5)6)15-14-11(13)8-9(2)3/h7,9H,8H2,1-6H3,(H2,13,14)/b10-7-. The smallest absolute Gasteiger partial charge is 0.140 e. The number of oxime groups is 1.